The number of hydrogen-bond donors (Lipinski definition) is 2. The summed E-state index contributed by atoms with van der Waals surface area (Å²) in [4.78, 5) is 27.2. The Morgan fingerprint density at radius 2 is 1.85 bits per heavy atom. The summed E-state index contributed by atoms with van der Waals surface area (Å²) in [7, 11) is 5.54. The van der Waals surface area contributed by atoms with Crippen molar-refractivity contribution in [2.45, 2.75) is 76.3 Å². The molecule has 0 spiro atoms. The zero-order valence-corrected chi connectivity index (χ0v) is 29.1. The molecule has 48 heavy (non-hydrogen) atoms. The Bertz CT molecular complexity index is 1940. The number of ether oxygens (including phenoxy) is 2. The van der Waals surface area contributed by atoms with Crippen LogP contribution in [0, 0.1) is 23.7 Å². The molecule has 10 rings (SSSR count). The molecule has 6 heterocycles. The third kappa shape index (κ3) is 4.35. The molecular formula is C41H50N4O3. The van der Waals surface area contributed by atoms with Crippen LogP contribution in [0.25, 0.3) is 21.8 Å². The second-order valence-corrected chi connectivity index (χ2v) is 15.5. The topological polar surface area (TPSA) is 73.6 Å². The zero-order valence-electron chi connectivity index (χ0n) is 29.1. The average Bonchev–Trinajstić information content (AvgIpc) is 3.64. The molecule has 7 nitrogen and oxygen atoms in total. The Balaban J connectivity index is 1.28. The molecule has 2 N–H and O–H groups in total. The van der Waals surface area contributed by atoms with Crippen molar-refractivity contribution in [2.75, 3.05) is 40.9 Å². The summed E-state index contributed by atoms with van der Waals surface area (Å²) in [6, 6.07) is 13.9. The number of H-pyrrole nitrogens is 2. The Hall–Kier alpha value is -3.55. The summed E-state index contributed by atoms with van der Waals surface area (Å²) in [5.41, 5.74) is 10.5. The monoisotopic (exact) mass is 646 g/mol. The number of rotatable bonds is 4. The Morgan fingerprint density at radius 3 is 2.65 bits per heavy atom. The van der Waals surface area contributed by atoms with Crippen molar-refractivity contribution in [3.8, 4) is 5.75 Å². The van der Waals surface area contributed by atoms with Crippen LogP contribution in [0.5, 0.6) is 5.75 Å². The van der Waals surface area contributed by atoms with Crippen LogP contribution in [0.15, 0.2) is 48.0 Å². The second-order valence-electron chi connectivity index (χ2n) is 15.5. The minimum absolute atomic E-state index is 0.00694. The number of esters is 1. The van der Waals surface area contributed by atoms with E-state index in [0.717, 1.165) is 55.5 Å². The molecule has 4 aromatic rings. The lowest BCUT2D eigenvalue weighted by molar-refractivity contribution is -0.151. The lowest BCUT2D eigenvalue weighted by Gasteiger charge is -2.53. The first-order valence-corrected chi connectivity index (χ1v) is 18.4. The highest BCUT2D eigenvalue weighted by Gasteiger charge is 2.50. The molecule has 2 aliphatic carbocycles. The lowest BCUT2D eigenvalue weighted by Crippen LogP contribution is -2.56. The molecule has 6 aliphatic rings. The zero-order chi connectivity index (χ0) is 32.8. The van der Waals surface area contributed by atoms with Gasteiger partial charge in [0.05, 0.1) is 25.7 Å². The summed E-state index contributed by atoms with van der Waals surface area (Å²) >= 11 is 0. The van der Waals surface area contributed by atoms with Crippen molar-refractivity contribution >= 4 is 27.8 Å². The first-order valence-electron chi connectivity index (χ1n) is 18.4. The molecule has 9 atom stereocenters. The largest absolute Gasteiger partial charge is 0.496 e. The number of carbonyl (C=O) groups excluding carboxylic acids is 1. The smallest absolute Gasteiger partial charge is 0.310 e. The van der Waals surface area contributed by atoms with Crippen molar-refractivity contribution in [1.29, 1.82) is 0 Å². The van der Waals surface area contributed by atoms with Crippen LogP contribution >= 0.6 is 0 Å². The van der Waals surface area contributed by atoms with Crippen LogP contribution in [-0.4, -0.2) is 78.7 Å². The molecule has 3 saturated heterocycles. The van der Waals surface area contributed by atoms with Crippen LogP contribution < -0.4 is 4.74 Å². The molecule has 4 aliphatic heterocycles. The minimum atomic E-state index is -0.246. The molecule has 252 valence electrons. The van der Waals surface area contributed by atoms with Gasteiger partial charge in [-0.2, -0.15) is 0 Å². The van der Waals surface area contributed by atoms with Gasteiger partial charge in [-0.15, -0.1) is 0 Å². The second kappa shape index (κ2) is 11.5. The summed E-state index contributed by atoms with van der Waals surface area (Å²) in [6.07, 6.45) is 8.88. The third-order valence-corrected chi connectivity index (χ3v) is 13.5. The van der Waals surface area contributed by atoms with Crippen LogP contribution in [-0.2, 0) is 22.4 Å². The molecule has 7 heteroatoms. The molecule has 1 unspecified atom stereocenters. The number of likely N-dealkylation sites (tertiary alicyclic amines) is 1. The molecule has 2 aromatic heterocycles. The lowest BCUT2D eigenvalue weighted by atomic mass is 9.65. The maximum atomic E-state index is 13.8. The quantitative estimate of drug-likeness (QED) is 0.182. The van der Waals surface area contributed by atoms with E-state index in [4.69, 9.17) is 9.47 Å². The highest BCUT2D eigenvalue weighted by molar-refractivity contribution is 5.92. The number of benzene rings is 2. The number of para-hydroxylation sites is 1. The summed E-state index contributed by atoms with van der Waals surface area (Å²) in [5.74, 6) is 2.78. The number of piperidine rings is 3. The van der Waals surface area contributed by atoms with Gasteiger partial charge >= 0.3 is 5.97 Å². The van der Waals surface area contributed by atoms with Crippen molar-refractivity contribution < 1.29 is 14.3 Å². The number of methoxy groups -OCH3 is 2. The van der Waals surface area contributed by atoms with Crippen LogP contribution in [0.3, 0.4) is 0 Å². The number of aromatic amines is 2. The number of allylic oxidation sites excluding steroid dienone is 1. The average molecular weight is 647 g/mol. The van der Waals surface area contributed by atoms with Gasteiger partial charge in [0.2, 0.25) is 0 Å². The van der Waals surface area contributed by atoms with Gasteiger partial charge in [0.25, 0.3) is 0 Å². The number of fused-ring (bicyclic) bond motifs is 9. The van der Waals surface area contributed by atoms with E-state index in [1.54, 1.807) is 7.11 Å². The highest BCUT2D eigenvalue weighted by Crippen LogP contribution is 2.54. The maximum absolute atomic E-state index is 13.8. The van der Waals surface area contributed by atoms with E-state index in [-0.39, 0.29) is 29.8 Å². The van der Waals surface area contributed by atoms with Gasteiger partial charge in [-0.05, 0) is 93.2 Å². The number of carbonyl (C=O) groups is 1. The van der Waals surface area contributed by atoms with Crippen molar-refractivity contribution in [3.63, 3.8) is 0 Å². The third-order valence-electron chi connectivity index (χ3n) is 13.5. The predicted octanol–water partition coefficient (Wildman–Crippen LogP) is 7.16. The fourth-order valence-electron chi connectivity index (χ4n) is 11.5. The van der Waals surface area contributed by atoms with E-state index < -0.39 is 0 Å². The Labute approximate surface area is 284 Å². The van der Waals surface area contributed by atoms with E-state index in [0.29, 0.717) is 12.0 Å². The van der Waals surface area contributed by atoms with Gasteiger partial charge < -0.3 is 19.4 Å². The van der Waals surface area contributed by atoms with Crippen LogP contribution in [0.2, 0.25) is 0 Å². The number of likely N-dealkylation sites (N-methyl/N-ethyl adjacent to an activating group) is 1. The van der Waals surface area contributed by atoms with Crippen molar-refractivity contribution in [3.05, 3.63) is 76.1 Å². The molecule has 0 amide bonds. The summed E-state index contributed by atoms with van der Waals surface area (Å²) in [6.45, 7) is 7.81. The maximum Gasteiger partial charge on any atom is 0.310 e. The van der Waals surface area contributed by atoms with Gasteiger partial charge in [0.15, 0.2) is 0 Å². The normalized spacial score (nSPS) is 33.6. The van der Waals surface area contributed by atoms with Gasteiger partial charge in [0, 0.05) is 76.8 Å². The van der Waals surface area contributed by atoms with E-state index in [9.17, 15) is 4.79 Å². The van der Waals surface area contributed by atoms with E-state index in [1.165, 1.54) is 75.7 Å². The van der Waals surface area contributed by atoms with Gasteiger partial charge in [0.1, 0.15) is 5.75 Å². The molecule has 1 saturated carbocycles. The highest BCUT2D eigenvalue weighted by atomic mass is 16.5. The minimum Gasteiger partial charge on any atom is -0.496 e. The van der Waals surface area contributed by atoms with Gasteiger partial charge in [-0.25, -0.2) is 0 Å². The fraction of sp³-hybridized carbons (Fsp3) is 0.537. The Kier molecular flexibility index (Phi) is 7.32. The number of nitrogens with one attached hydrogen (secondary N) is 2. The Morgan fingerprint density at radius 1 is 1.00 bits per heavy atom. The first kappa shape index (κ1) is 30.5. The van der Waals surface area contributed by atoms with Crippen molar-refractivity contribution in [1.82, 2.24) is 19.8 Å². The van der Waals surface area contributed by atoms with Gasteiger partial charge in [-0.1, -0.05) is 43.2 Å². The fourth-order valence-corrected chi connectivity index (χ4v) is 11.5. The molecule has 0 radical (unpaired) electrons. The standard InChI is InChI=1S/C41H50N4O3/c1-6-23-16-22-17-31-37-27(14-15-45(20-22)40(23)31)26-12-13-34(47-4)36(39(26)43-37)30-18-28-24(7-2)21-44(3)33(35(28)41(46)48-5)19-29-25-10-8-9-11-32(25)42-38(29)30/h7-13,22-23,28,30-31,33,35,40,42-43H,6,14-21H2,1-5H3/b24-7+/t22-,23+,28+,30-,31+,33+,35-,40+/m1/s1. The first-order chi connectivity index (χ1) is 23.4. The number of hydrogen-bond acceptors (Lipinski definition) is 5. The summed E-state index contributed by atoms with van der Waals surface area (Å²) in [5, 5.41) is 2.61. The van der Waals surface area contributed by atoms with E-state index in [1.807, 2.05) is 7.11 Å². The number of nitrogens with zero attached hydrogens (tertiary/aromatic N) is 2. The molecule has 4 fully saturated rings. The van der Waals surface area contributed by atoms with Crippen LogP contribution in [0.4, 0.5) is 0 Å². The summed E-state index contributed by atoms with van der Waals surface area (Å²) < 4.78 is 11.9. The number of aromatic nitrogens is 2. The van der Waals surface area contributed by atoms with Crippen molar-refractivity contribution in [2.24, 2.45) is 23.7 Å². The molecular weight excluding hydrogens is 596 g/mol. The SMILES string of the molecule is C/C=C1\CN(C)[C@H]2Cc3c([nH]c4ccccc34)[C@@H](c3c(OC)ccc4c5c([nH]c34)[C@@H]3C[C@H]4C[C@H](CC)[C@@H]3N(CC5)C4)C[C@@H]1[C@H]2C(=O)OC. The van der Waals surface area contributed by atoms with E-state index >= 15 is 0 Å². The van der Waals surface area contributed by atoms with Crippen LogP contribution in [0.1, 0.15) is 79.4 Å². The predicted molar refractivity (Wildman–Crippen MR) is 191 cm³/mol. The molecule has 6 bridgehead atoms. The molecule has 2 aromatic carbocycles. The van der Waals surface area contributed by atoms with E-state index in [2.05, 4.69) is 83.1 Å². The van der Waals surface area contributed by atoms with Gasteiger partial charge in [-0.3, -0.25) is 14.6 Å².